The average Bonchev–Trinajstić information content (AvgIpc) is 2.36. The van der Waals surface area contributed by atoms with Gasteiger partial charge in [0.2, 0.25) is 5.79 Å². The van der Waals surface area contributed by atoms with Crippen molar-refractivity contribution in [1.29, 1.82) is 0 Å². The standard InChI is InChI=1S/C14H15BrO5/c1-14(2)19-12-9(15)5-6-10(11(12)13(17)20-14)18-8-4-3-7-16/h5-7H,3-4,8H2,1-2H3. The van der Waals surface area contributed by atoms with E-state index in [0.717, 1.165) is 6.29 Å². The predicted molar refractivity (Wildman–Crippen MR) is 75.1 cm³/mol. The number of fused-ring (bicyclic) bond motifs is 1. The van der Waals surface area contributed by atoms with Crippen LogP contribution in [0.2, 0.25) is 0 Å². The van der Waals surface area contributed by atoms with Gasteiger partial charge in [0.05, 0.1) is 11.1 Å². The highest BCUT2D eigenvalue weighted by Gasteiger charge is 2.37. The topological polar surface area (TPSA) is 61.8 Å². The van der Waals surface area contributed by atoms with Gasteiger partial charge >= 0.3 is 5.97 Å². The lowest BCUT2D eigenvalue weighted by Gasteiger charge is -2.32. The molecule has 20 heavy (non-hydrogen) atoms. The summed E-state index contributed by atoms with van der Waals surface area (Å²) in [7, 11) is 0. The second-order valence-corrected chi connectivity index (χ2v) is 5.65. The molecule has 5 nitrogen and oxygen atoms in total. The van der Waals surface area contributed by atoms with Gasteiger partial charge in [-0.15, -0.1) is 0 Å². The molecule has 1 aromatic rings. The number of unbranched alkanes of at least 4 members (excludes halogenated alkanes) is 1. The van der Waals surface area contributed by atoms with E-state index in [4.69, 9.17) is 14.2 Å². The summed E-state index contributed by atoms with van der Waals surface area (Å²) < 4.78 is 17.1. The number of benzene rings is 1. The van der Waals surface area contributed by atoms with E-state index in [1.54, 1.807) is 26.0 Å². The van der Waals surface area contributed by atoms with Gasteiger partial charge < -0.3 is 19.0 Å². The molecular weight excluding hydrogens is 328 g/mol. The Morgan fingerprint density at radius 1 is 1.35 bits per heavy atom. The fourth-order valence-electron chi connectivity index (χ4n) is 1.84. The number of cyclic esters (lactones) is 1. The summed E-state index contributed by atoms with van der Waals surface area (Å²) in [6.07, 6.45) is 1.85. The molecule has 0 N–H and O–H groups in total. The van der Waals surface area contributed by atoms with E-state index in [1.807, 2.05) is 0 Å². The van der Waals surface area contributed by atoms with Crippen LogP contribution >= 0.6 is 15.9 Å². The van der Waals surface area contributed by atoms with E-state index in [2.05, 4.69) is 15.9 Å². The van der Waals surface area contributed by atoms with Crippen molar-refractivity contribution >= 4 is 28.2 Å². The van der Waals surface area contributed by atoms with Gasteiger partial charge in [-0.25, -0.2) is 4.79 Å². The zero-order valence-corrected chi connectivity index (χ0v) is 12.9. The van der Waals surface area contributed by atoms with Crippen molar-refractivity contribution in [3.63, 3.8) is 0 Å². The third-order valence-corrected chi connectivity index (χ3v) is 3.31. The maximum absolute atomic E-state index is 12.1. The molecule has 2 rings (SSSR count). The number of hydrogen-bond donors (Lipinski definition) is 0. The molecule has 6 heteroatoms. The molecule has 108 valence electrons. The van der Waals surface area contributed by atoms with Crippen LogP contribution in [0.5, 0.6) is 11.5 Å². The number of ether oxygens (including phenoxy) is 3. The molecule has 0 bridgehead atoms. The smallest absolute Gasteiger partial charge is 0.349 e. The highest BCUT2D eigenvalue weighted by Crippen LogP contribution is 2.42. The van der Waals surface area contributed by atoms with Crippen LogP contribution in [0, 0.1) is 0 Å². The zero-order valence-electron chi connectivity index (χ0n) is 11.3. The summed E-state index contributed by atoms with van der Waals surface area (Å²) in [6.45, 7) is 3.68. The molecule has 1 aromatic carbocycles. The number of esters is 1. The molecule has 0 unspecified atom stereocenters. The molecule has 0 spiro atoms. The summed E-state index contributed by atoms with van der Waals surface area (Å²) in [5.74, 6) is -0.681. The van der Waals surface area contributed by atoms with Gasteiger partial charge in [0.25, 0.3) is 0 Å². The molecule has 0 amide bonds. The molecule has 0 aliphatic carbocycles. The summed E-state index contributed by atoms with van der Waals surface area (Å²) in [5.41, 5.74) is 0.268. The number of carbonyl (C=O) groups excluding carboxylic acids is 2. The van der Waals surface area contributed by atoms with Crippen molar-refractivity contribution in [1.82, 2.24) is 0 Å². The third-order valence-electron chi connectivity index (χ3n) is 2.69. The molecule has 0 atom stereocenters. The van der Waals surface area contributed by atoms with Crippen molar-refractivity contribution < 1.29 is 23.8 Å². The lowest BCUT2D eigenvalue weighted by molar-refractivity contribution is -0.128. The Morgan fingerprint density at radius 2 is 2.10 bits per heavy atom. The molecular formula is C14H15BrO5. The largest absolute Gasteiger partial charge is 0.493 e. The van der Waals surface area contributed by atoms with Crippen molar-refractivity contribution in [2.75, 3.05) is 6.61 Å². The Labute approximate surface area is 125 Å². The molecule has 0 radical (unpaired) electrons. The average molecular weight is 343 g/mol. The Balaban J connectivity index is 2.28. The molecule has 0 saturated heterocycles. The molecule has 1 aliphatic heterocycles. The maximum Gasteiger partial charge on any atom is 0.349 e. The third kappa shape index (κ3) is 3.12. The lowest BCUT2D eigenvalue weighted by Crippen LogP contribution is -2.39. The second-order valence-electron chi connectivity index (χ2n) is 4.80. The Hall–Kier alpha value is -1.56. The van der Waals surface area contributed by atoms with Crippen LogP contribution in [0.4, 0.5) is 0 Å². The van der Waals surface area contributed by atoms with Crippen LogP contribution < -0.4 is 9.47 Å². The predicted octanol–water partition coefficient (Wildman–Crippen LogP) is 3.09. The van der Waals surface area contributed by atoms with Crippen LogP contribution in [-0.2, 0) is 9.53 Å². The molecule has 1 aliphatic rings. The zero-order chi connectivity index (χ0) is 14.8. The number of hydrogen-bond acceptors (Lipinski definition) is 5. The van der Waals surface area contributed by atoms with Gasteiger partial charge in [-0.05, 0) is 34.5 Å². The van der Waals surface area contributed by atoms with Gasteiger partial charge in [-0.2, -0.15) is 0 Å². The first-order valence-electron chi connectivity index (χ1n) is 6.26. The van der Waals surface area contributed by atoms with E-state index in [0.29, 0.717) is 35.4 Å². The highest BCUT2D eigenvalue weighted by atomic mass is 79.9. The van der Waals surface area contributed by atoms with Crippen LogP contribution in [0.3, 0.4) is 0 Å². The highest BCUT2D eigenvalue weighted by molar-refractivity contribution is 9.10. The van der Waals surface area contributed by atoms with Crippen LogP contribution in [-0.4, -0.2) is 24.6 Å². The van der Waals surface area contributed by atoms with Gasteiger partial charge in [0, 0.05) is 20.3 Å². The number of aldehydes is 1. The van der Waals surface area contributed by atoms with E-state index < -0.39 is 11.8 Å². The summed E-state index contributed by atoms with van der Waals surface area (Å²) in [6, 6.07) is 3.43. The van der Waals surface area contributed by atoms with Gasteiger partial charge in [-0.3, -0.25) is 0 Å². The Kier molecular flexibility index (Phi) is 4.32. The fourth-order valence-corrected chi connectivity index (χ4v) is 2.25. The Bertz CT molecular complexity index is 539. The Morgan fingerprint density at radius 3 is 2.80 bits per heavy atom. The first kappa shape index (κ1) is 14.8. The minimum atomic E-state index is -1.01. The van der Waals surface area contributed by atoms with Crippen LogP contribution in [0.25, 0.3) is 0 Å². The van der Waals surface area contributed by atoms with E-state index in [-0.39, 0.29) is 5.56 Å². The minimum Gasteiger partial charge on any atom is -0.493 e. The molecule has 0 fully saturated rings. The first-order valence-corrected chi connectivity index (χ1v) is 7.05. The van der Waals surface area contributed by atoms with Crippen LogP contribution in [0.1, 0.15) is 37.0 Å². The number of carbonyl (C=O) groups is 2. The normalized spacial score (nSPS) is 15.8. The van der Waals surface area contributed by atoms with Crippen LogP contribution in [0.15, 0.2) is 16.6 Å². The van der Waals surface area contributed by atoms with Crippen molar-refractivity contribution in [2.45, 2.75) is 32.5 Å². The summed E-state index contributed by atoms with van der Waals surface area (Å²) in [5, 5.41) is 0. The van der Waals surface area contributed by atoms with E-state index >= 15 is 0 Å². The second kappa shape index (κ2) is 5.83. The van der Waals surface area contributed by atoms with Crippen molar-refractivity contribution in [3.05, 3.63) is 22.2 Å². The van der Waals surface area contributed by atoms with Crippen molar-refractivity contribution in [2.24, 2.45) is 0 Å². The SMILES string of the molecule is CC1(C)OC(=O)c2c(OCCCC=O)ccc(Br)c2O1. The first-order chi connectivity index (χ1) is 9.44. The monoisotopic (exact) mass is 342 g/mol. The quantitative estimate of drug-likeness (QED) is 0.467. The minimum absolute atomic E-state index is 0.268. The van der Waals surface area contributed by atoms with E-state index in [9.17, 15) is 9.59 Å². The number of halogens is 1. The number of rotatable bonds is 5. The van der Waals surface area contributed by atoms with Gasteiger partial charge in [0.1, 0.15) is 17.6 Å². The molecule has 0 saturated carbocycles. The summed E-state index contributed by atoms with van der Waals surface area (Å²) >= 11 is 3.35. The molecule has 1 heterocycles. The van der Waals surface area contributed by atoms with Gasteiger partial charge in [0.15, 0.2) is 5.75 Å². The van der Waals surface area contributed by atoms with Gasteiger partial charge in [-0.1, -0.05) is 0 Å². The van der Waals surface area contributed by atoms with E-state index in [1.165, 1.54) is 0 Å². The fraction of sp³-hybridized carbons (Fsp3) is 0.429. The maximum atomic E-state index is 12.1. The molecule has 0 aromatic heterocycles. The lowest BCUT2D eigenvalue weighted by atomic mass is 10.1. The van der Waals surface area contributed by atoms with Crippen molar-refractivity contribution in [3.8, 4) is 11.5 Å². The summed E-state index contributed by atoms with van der Waals surface area (Å²) in [4.78, 5) is 22.4.